The van der Waals surface area contributed by atoms with Crippen LogP contribution in [-0.4, -0.2) is 11.1 Å². The number of hydrogen-bond acceptors (Lipinski definition) is 1. The van der Waals surface area contributed by atoms with E-state index in [1.807, 2.05) is 6.08 Å². The third-order valence-corrected chi connectivity index (χ3v) is 2.41. The number of allylic oxidation sites excluding steroid dienone is 3. The number of carboxylic acid groups (broad SMARTS) is 1. The van der Waals surface area contributed by atoms with Crippen molar-refractivity contribution < 1.29 is 9.90 Å². The van der Waals surface area contributed by atoms with Gasteiger partial charge in [0.15, 0.2) is 0 Å². The van der Waals surface area contributed by atoms with E-state index in [1.54, 1.807) is 0 Å². The van der Waals surface area contributed by atoms with E-state index < -0.39 is 5.97 Å². The van der Waals surface area contributed by atoms with E-state index in [0.29, 0.717) is 5.57 Å². The molecule has 0 unspecified atom stereocenters. The van der Waals surface area contributed by atoms with Crippen molar-refractivity contribution in [3.63, 3.8) is 0 Å². The van der Waals surface area contributed by atoms with Crippen LogP contribution in [0.2, 0.25) is 0 Å². The van der Waals surface area contributed by atoms with Crippen LogP contribution in [0.1, 0.15) is 52.9 Å². The van der Waals surface area contributed by atoms with Crippen LogP contribution in [-0.2, 0) is 4.79 Å². The van der Waals surface area contributed by atoms with Crippen LogP contribution in [0.5, 0.6) is 0 Å². The normalized spacial score (nSPS) is 15.6. The zero-order valence-electron chi connectivity index (χ0n) is 10.7. The fraction of sp³-hybridized carbons (Fsp3) is 0.643. The predicted octanol–water partition coefficient (Wildman–Crippen LogP) is 4.18. The number of rotatable bonds is 3. The van der Waals surface area contributed by atoms with Gasteiger partial charge in [-0.15, -0.1) is 0 Å². The molecule has 1 aliphatic carbocycles. The molecule has 0 aromatic heterocycles. The molecule has 1 aliphatic rings. The van der Waals surface area contributed by atoms with Crippen LogP contribution >= 0.6 is 0 Å². The Bertz CT molecular complexity index is 249. The molecule has 1 N–H and O–H groups in total. The standard InChI is InChI=1S/C7H10O2.C7H14/c8-7(9)6-4-2-1-3-5-6;1-4-5-6-7(2)3/h4H,1-3,5H2,(H,8,9);4-5,7H,6H2,1-3H3. The molecule has 0 spiro atoms. The Kier molecular flexibility index (Phi) is 8.59. The lowest BCUT2D eigenvalue weighted by Gasteiger charge is -2.06. The van der Waals surface area contributed by atoms with Gasteiger partial charge in [0.2, 0.25) is 0 Å². The van der Waals surface area contributed by atoms with Crippen LogP contribution < -0.4 is 0 Å². The Morgan fingerprint density at radius 1 is 1.50 bits per heavy atom. The molecule has 16 heavy (non-hydrogen) atoms. The molecule has 0 heterocycles. The summed E-state index contributed by atoms with van der Waals surface area (Å²) >= 11 is 0. The highest BCUT2D eigenvalue weighted by molar-refractivity contribution is 5.86. The molecule has 0 aromatic carbocycles. The van der Waals surface area contributed by atoms with Crippen LogP contribution in [0.3, 0.4) is 0 Å². The molecule has 0 aromatic rings. The molecule has 0 radical (unpaired) electrons. The molecule has 0 bridgehead atoms. The van der Waals surface area contributed by atoms with Gasteiger partial charge in [0.25, 0.3) is 0 Å². The third kappa shape index (κ3) is 8.27. The smallest absolute Gasteiger partial charge is 0.331 e. The lowest BCUT2D eigenvalue weighted by molar-refractivity contribution is -0.132. The fourth-order valence-corrected chi connectivity index (χ4v) is 1.44. The quantitative estimate of drug-likeness (QED) is 0.730. The Morgan fingerprint density at radius 3 is 2.44 bits per heavy atom. The Morgan fingerprint density at radius 2 is 2.19 bits per heavy atom. The molecule has 0 amide bonds. The second kappa shape index (κ2) is 9.20. The summed E-state index contributed by atoms with van der Waals surface area (Å²) in [6.45, 7) is 6.50. The average Bonchev–Trinajstić information content (AvgIpc) is 2.28. The number of carbonyl (C=O) groups is 1. The van der Waals surface area contributed by atoms with Crippen molar-refractivity contribution in [2.24, 2.45) is 5.92 Å². The van der Waals surface area contributed by atoms with Gasteiger partial charge < -0.3 is 5.11 Å². The lowest BCUT2D eigenvalue weighted by Crippen LogP contribution is -2.03. The summed E-state index contributed by atoms with van der Waals surface area (Å²) in [4.78, 5) is 10.3. The van der Waals surface area contributed by atoms with E-state index in [9.17, 15) is 4.79 Å². The third-order valence-electron chi connectivity index (χ3n) is 2.41. The zero-order valence-corrected chi connectivity index (χ0v) is 10.7. The van der Waals surface area contributed by atoms with Gasteiger partial charge in [-0.3, -0.25) is 0 Å². The molecule has 0 fully saturated rings. The van der Waals surface area contributed by atoms with Crippen LogP contribution in [0.25, 0.3) is 0 Å². The first-order chi connectivity index (χ1) is 7.57. The van der Waals surface area contributed by atoms with Gasteiger partial charge >= 0.3 is 5.97 Å². The van der Waals surface area contributed by atoms with E-state index in [-0.39, 0.29) is 0 Å². The van der Waals surface area contributed by atoms with Crippen molar-refractivity contribution in [2.45, 2.75) is 52.9 Å². The summed E-state index contributed by atoms with van der Waals surface area (Å²) in [6, 6.07) is 0. The minimum Gasteiger partial charge on any atom is -0.478 e. The van der Waals surface area contributed by atoms with Gasteiger partial charge in [0.05, 0.1) is 0 Å². The second-order valence-electron chi connectivity index (χ2n) is 4.48. The van der Waals surface area contributed by atoms with E-state index >= 15 is 0 Å². The summed E-state index contributed by atoms with van der Waals surface area (Å²) in [7, 11) is 0. The minimum absolute atomic E-state index is 0.598. The van der Waals surface area contributed by atoms with Crippen molar-refractivity contribution in [2.75, 3.05) is 0 Å². The van der Waals surface area contributed by atoms with E-state index in [0.717, 1.165) is 31.6 Å². The molecule has 0 saturated heterocycles. The first-order valence-corrected chi connectivity index (χ1v) is 6.11. The van der Waals surface area contributed by atoms with Crippen LogP contribution in [0, 0.1) is 5.92 Å². The summed E-state index contributed by atoms with van der Waals surface area (Å²) in [5.74, 6) is 0.0749. The maximum atomic E-state index is 10.3. The molecule has 0 saturated carbocycles. The highest BCUT2D eigenvalue weighted by Gasteiger charge is 2.08. The van der Waals surface area contributed by atoms with E-state index in [1.165, 1.54) is 6.42 Å². The fourth-order valence-electron chi connectivity index (χ4n) is 1.44. The molecule has 0 atom stereocenters. The van der Waals surface area contributed by atoms with Gasteiger partial charge in [0.1, 0.15) is 0 Å². The maximum absolute atomic E-state index is 10.3. The molecule has 1 rings (SSSR count). The molecule has 92 valence electrons. The lowest BCUT2D eigenvalue weighted by atomic mass is 10.0. The van der Waals surface area contributed by atoms with Gasteiger partial charge in [-0.25, -0.2) is 4.79 Å². The molecular formula is C14H24O2. The molecule has 0 aliphatic heterocycles. The Labute approximate surface area is 99.1 Å². The summed E-state index contributed by atoms with van der Waals surface area (Å²) in [5.41, 5.74) is 0.598. The van der Waals surface area contributed by atoms with Gasteiger partial charge in [-0.2, -0.15) is 0 Å². The highest BCUT2D eigenvalue weighted by atomic mass is 16.4. The van der Waals surface area contributed by atoms with Crippen molar-refractivity contribution in [3.05, 3.63) is 23.8 Å². The van der Waals surface area contributed by atoms with E-state index in [2.05, 4.69) is 32.9 Å². The predicted molar refractivity (Wildman–Crippen MR) is 68.5 cm³/mol. The van der Waals surface area contributed by atoms with Crippen LogP contribution in [0.15, 0.2) is 23.8 Å². The van der Waals surface area contributed by atoms with Gasteiger partial charge in [0, 0.05) is 5.57 Å². The molecule has 2 heteroatoms. The van der Waals surface area contributed by atoms with Crippen molar-refractivity contribution >= 4 is 5.97 Å². The summed E-state index contributed by atoms with van der Waals surface area (Å²) in [5, 5.41) is 8.47. The topological polar surface area (TPSA) is 37.3 Å². The second-order valence-corrected chi connectivity index (χ2v) is 4.48. The average molecular weight is 224 g/mol. The Balaban J connectivity index is 0.000000293. The highest BCUT2D eigenvalue weighted by Crippen LogP contribution is 2.16. The molecular weight excluding hydrogens is 200 g/mol. The molecule has 2 nitrogen and oxygen atoms in total. The number of aliphatic carboxylic acids is 1. The summed E-state index contributed by atoms with van der Waals surface area (Å²) < 4.78 is 0. The Hall–Kier alpha value is -1.05. The minimum atomic E-state index is -0.741. The van der Waals surface area contributed by atoms with Crippen molar-refractivity contribution in [1.82, 2.24) is 0 Å². The monoisotopic (exact) mass is 224 g/mol. The summed E-state index contributed by atoms with van der Waals surface area (Å²) in [6.07, 6.45) is 11.2. The largest absolute Gasteiger partial charge is 0.478 e. The first kappa shape index (κ1) is 14.9. The van der Waals surface area contributed by atoms with Crippen molar-refractivity contribution in [3.8, 4) is 0 Å². The maximum Gasteiger partial charge on any atom is 0.331 e. The van der Waals surface area contributed by atoms with Crippen LogP contribution in [0.4, 0.5) is 0 Å². The number of carboxylic acids is 1. The number of hydrogen-bond donors (Lipinski definition) is 1. The zero-order chi connectivity index (χ0) is 12.4. The first-order valence-electron chi connectivity index (χ1n) is 6.11. The van der Waals surface area contributed by atoms with E-state index in [4.69, 9.17) is 5.11 Å². The van der Waals surface area contributed by atoms with Gasteiger partial charge in [-0.05, 0) is 44.9 Å². The van der Waals surface area contributed by atoms with Crippen molar-refractivity contribution in [1.29, 1.82) is 0 Å². The van der Waals surface area contributed by atoms with Gasteiger partial charge in [-0.1, -0.05) is 32.1 Å². The SMILES string of the molecule is CC=CCC(C)C.O=C(O)C1=CCCCC1.